The lowest BCUT2D eigenvalue weighted by atomic mass is 10.1. The van der Waals surface area contributed by atoms with Crippen LogP contribution in [0.25, 0.3) is 22.3 Å². The van der Waals surface area contributed by atoms with E-state index in [9.17, 15) is 4.79 Å². The van der Waals surface area contributed by atoms with Crippen LogP contribution in [0.1, 0.15) is 0 Å². The van der Waals surface area contributed by atoms with E-state index >= 15 is 0 Å². The highest BCUT2D eigenvalue weighted by Gasteiger charge is 2.11. The third-order valence-corrected chi connectivity index (χ3v) is 3.51. The number of nitrogens with two attached hydrogens (primary N) is 1. The van der Waals surface area contributed by atoms with Gasteiger partial charge in [0.2, 0.25) is 0 Å². The smallest absolute Gasteiger partial charge is 0.193 e. The van der Waals surface area contributed by atoms with Crippen LogP contribution in [0.3, 0.4) is 0 Å². The minimum absolute atomic E-state index is 0.155. The molecule has 5 heteroatoms. The van der Waals surface area contributed by atoms with Gasteiger partial charge in [-0.2, -0.15) is 0 Å². The number of methoxy groups -OCH3 is 1. The third-order valence-electron chi connectivity index (χ3n) is 3.19. The van der Waals surface area contributed by atoms with E-state index in [1.54, 1.807) is 43.5 Å². The summed E-state index contributed by atoms with van der Waals surface area (Å²) in [5.74, 6) is 1.01. The van der Waals surface area contributed by atoms with Crippen molar-refractivity contribution in [3.63, 3.8) is 0 Å². The van der Waals surface area contributed by atoms with Crippen molar-refractivity contribution in [2.45, 2.75) is 0 Å². The zero-order valence-electron chi connectivity index (χ0n) is 11.2. The van der Waals surface area contributed by atoms with Gasteiger partial charge in [-0.25, -0.2) is 0 Å². The highest BCUT2D eigenvalue weighted by atomic mass is 35.5. The van der Waals surface area contributed by atoms with Crippen LogP contribution in [0.15, 0.2) is 51.7 Å². The standard InChI is InChI=1S/C16H12ClNO3/c1-20-10-3-5-15-12(7-10)14(19)8-16(21-15)11-4-2-9(18)6-13(11)17/h2-8H,18H2,1H3. The molecule has 1 aromatic heterocycles. The van der Waals surface area contributed by atoms with E-state index in [0.29, 0.717) is 38.8 Å². The first-order valence-corrected chi connectivity index (χ1v) is 6.63. The van der Waals surface area contributed by atoms with Crippen LogP contribution >= 0.6 is 11.6 Å². The molecule has 0 aliphatic carbocycles. The number of benzene rings is 2. The molecule has 0 saturated carbocycles. The van der Waals surface area contributed by atoms with Gasteiger partial charge in [-0.15, -0.1) is 0 Å². The van der Waals surface area contributed by atoms with Crippen molar-refractivity contribution in [1.82, 2.24) is 0 Å². The molecule has 21 heavy (non-hydrogen) atoms. The predicted molar refractivity (Wildman–Crippen MR) is 83.9 cm³/mol. The number of halogens is 1. The Hall–Kier alpha value is -2.46. The van der Waals surface area contributed by atoms with Crippen LogP contribution < -0.4 is 15.9 Å². The van der Waals surface area contributed by atoms with E-state index in [4.69, 9.17) is 26.5 Å². The second kappa shape index (κ2) is 5.14. The summed E-state index contributed by atoms with van der Waals surface area (Å²) in [6.45, 7) is 0. The first-order chi connectivity index (χ1) is 10.1. The fraction of sp³-hybridized carbons (Fsp3) is 0.0625. The lowest BCUT2D eigenvalue weighted by Crippen LogP contribution is -2.01. The first-order valence-electron chi connectivity index (χ1n) is 6.26. The normalized spacial score (nSPS) is 10.8. The lowest BCUT2D eigenvalue weighted by Gasteiger charge is -2.07. The van der Waals surface area contributed by atoms with Crippen molar-refractivity contribution >= 4 is 28.3 Å². The molecule has 0 aliphatic heterocycles. The van der Waals surface area contributed by atoms with Gasteiger partial charge in [-0.05, 0) is 36.4 Å². The molecule has 4 nitrogen and oxygen atoms in total. The van der Waals surface area contributed by atoms with E-state index in [1.165, 1.54) is 6.07 Å². The third kappa shape index (κ3) is 2.45. The fourth-order valence-corrected chi connectivity index (χ4v) is 2.41. The minimum atomic E-state index is -0.155. The van der Waals surface area contributed by atoms with Gasteiger partial charge < -0.3 is 14.9 Å². The molecule has 0 bridgehead atoms. The molecule has 0 amide bonds. The van der Waals surface area contributed by atoms with Gasteiger partial charge in [0.05, 0.1) is 17.5 Å². The van der Waals surface area contributed by atoms with E-state index in [2.05, 4.69) is 0 Å². The van der Waals surface area contributed by atoms with Crippen LogP contribution in [0.5, 0.6) is 5.75 Å². The molecule has 106 valence electrons. The van der Waals surface area contributed by atoms with Gasteiger partial charge in [0.25, 0.3) is 0 Å². The van der Waals surface area contributed by atoms with Crippen LogP contribution in [0.2, 0.25) is 5.02 Å². The summed E-state index contributed by atoms with van der Waals surface area (Å²) in [5, 5.41) is 0.899. The Morgan fingerprint density at radius 3 is 2.67 bits per heavy atom. The molecule has 0 spiro atoms. The van der Waals surface area contributed by atoms with Crippen molar-refractivity contribution in [2.75, 3.05) is 12.8 Å². The van der Waals surface area contributed by atoms with Crippen LogP contribution in [0, 0.1) is 0 Å². The Balaban J connectivity index is 2.23. The summed E-state index contributed by atoms with van der Waals surface area (Å²) in [4.78, 5) is 12.2. The fourth-order valence-electron chi connectivity index (χ4n) is 2.13. The maximum atomic E-state index is 12.2. The van der Waals surface area contributed by atoms with Gasteiger partial charge in [0.15, 0.2) is 5.43 Å². The Bertz CT molecular complexity index is 886. The van der Waals surface area contributed by atoms with Crippen LogP contribution in [0.4, 0.5) is 5.69 Å². The number of hydrogen-bond acceptors (Lipinski definition) is 4. The molecule has 3 aromatic rings. The molecule has 0 fully saturated rings. The second-order valence-electron chi connectivity index (χ2n) is 4.58. The Morgan fingerprint density at radius 2 is 1.95 bits per heavy atom. The maximum Gasteiger partial charge on any atom is 0.193 e. The molecular formula is C16H12ClNO3. The summed E-state index contributed by atoms with van der Waals surface area (Å²) in [5.41, 5.74) is 7.17. The van der Waals surface area contributed by atoms with Crippen molar-refractivity contribution < 1.29 is 9.15 Å². The van der Waals surface area contributed by atoms with Gasteiger partial charge in [0.1, 0.15) is 17.1 Å². The summed E-state index contributed by atoms with van der Waals surface area (Å²) in [6, 6.07) is 11.6. The van der Waals surface area contributed by atoms with Gasteiger partial charge >= 0.3 is 0 Å². The molecule has 2 aromatic carbocycles. The van der Waals surface area contributed by atoms with Crippen LogP contribution in [-0.2, 0) is 0 Å². The Labute approximate surface area is 125 Å². The zero-order chi connectivity index (χ0) is 15.0. The molecule has 0 atom stereocenters. The van der Waals surface area contributed by atoms with Crippen LogP contribution in [-0.4, -0.2) is 7.11 Å². The zero-order valence-corrected chi connectivity index (χ0v) is 12.0. The quantitative estimate of drug-likeness (QED) is 0.733. The molecule has 0 radical (unpaired) electrons. The number of ether oxygens (including phenoxy) is 1. The van der Waals surface area contributed by atoms with E-state index in [1.807, 2.05) is 0 Å². The Kier molecular flexibility index (Phi) is 3.31. The number of fused-ring (bicyclic) bond motifs is 1. The molecule has 3 rings (SSSR count). The second-order valence-corrected chi connectivity index (χ2v) is 4.98. The summed E-state index contributed by atoms with van der Waals surface area (Å²) in [7, 11) is 1.55. The number of nitrogen functional groups attached to an aromatic ring is 1. The topological polar surface area (TPSA) is 65.5 Å². The average molecular weight is 302 g/mol. The van der Waals surface area contributed by atoms with E-state index in [0.717, 1.165) is 0 Å². The van der Waals surface area contributed by atoms with E-state index < -0.39 is 0 Å². The monoisotopic (exact) mass is 301 g/mol. The number of anilines is 1. The Morgan fingerprint density at radius 1 is 1.14 bits per heavy atom. The van der Waals surface area contributed by atoms with Gasteiger partial charge in [0, 0.05) is 17.3 Å². The number of hydrogen-bond donors (Lipinski definition) is 1. The van der Waals surface area contributed by atoms with Crippen molar-refractivity contribution in [3.8, 4) is 17.1 Å². The van der Waals surface area contributed by atoms with Gasteiger partial charge in [-0.3, -0.25) is 4.79 Å². The largest absolute Gasteiger partial charge is 0.497 e. The maximum absolute atomic E-state index is 12.2. The molecule has 2 N–H and O–H groups in total. The van der Waals surface area contributed by atoms with E-state index in [-0.39, 0.29) is 5.43 Å². The lowest BCUT2D eigenvalue weighted by molar-refractivity contribution is 0.415. The molecular weight excluding hydrogens is 290 g/mol. The SMILES string of the molecule is COc1ccc2oc(-c3ccc(N)cc3Cl)cc(=O)c2c1. The average Bonchev–Trinajstić information content (AvgIpc) is 2.47. The first kappa shape index (κ1) is 13.5. The highest BCUT2D eigenvalue weighted by Crippen LogP contribution is 2.31. The van der Waals surface area contributed by atoms with Crippen molar-refractivity contribution in [3.05, 3.63) is 57.7 Å². The molecule has 0 saturated heterocycles. The molecule has 0 unspecified atom stereocenters. The molecule has 1 heterocycles. The summed E-state index contributed by atoms with van der Waals surface area (Å²) >= 11 is 6.15. The van der Waals surface area contributed by atoms with Gasteiger partial charge in [-0.1, -0.05) is 11.6 Å². The summed E-state index contributed by atoms with van der Waals surface area (Å²) < 4.78 is 10.9. The van der Waals surface area contributed by atoms with Crippen molar-refractivity contribution in [1.29, 1.82) is 0 Å². The number of rotatable bonds is 2. The summed E-state index contributed by atoms with van der Waals surface area (Å²) in [6.07, 6.45) is 0. The highest BCUT2D eigenvalue weighted by molar-refractivity contribution is 6.33. The van der Waals surface area contributed by atoms with Crippen molar-refractivity contribution in [2.24, 2.45) is 0 Å². The molecule has 0 aliphatic rings. The predicted octanol–water partition coefficient (Wildman–Crippen LogP) is 3.70. The minimum Gasteiger partial charge on any atom is -0.497 e.